The van der Waals surface area contributed by atoms with Crippen LogP contribution in [0.15, 0.2) is 36.4 Å². The second kappa shape index (κ2) is 10.8. The van der Waals surface area contributed by atoms with Crippen LogP contribution in [0.2, 0.25) is 0 Å². The van der Waals surface area contributed by atoms with Gasteiger partial charge in [0.05, 0.1) is 24.6 Å². The third-order valence-corrected chi connectivity index (χ3v) is 3.52. The summed E-state index contributed by atoms with van der Waals surface area (Å²) in [6, 6.07) is 8.79. The zero-order valence-corrected chi connectivity index (χ0v) is 16.2. The topological polar surface area (TPSA) is 126 Å². The van der Waals surface area contributed by atoms with E-state index in [1.165, 1.54) is 38.1 Å². The number of nitrogens with one attached hydrogen (secondary N) is 2. The molecule has 2 aromatic carbocycles. The second-order valence-electron chi connectivity index (χ2n) is 6.03. The summed E-state index contributed by atoms with van der Waals surface area (Å²) >= 11 is 0. The van der Waals surface area contributed by atoms with Crippen LogP contribution in [0.4, 0.5) is 11.4 Å². The first-order valence-corrected chi connectivity index (χ1v) is 8.89. The van der Waals surface area contributed by atoms with Crippen LogP contribution in [0.3, 0.4) is 0 Å². The molecule has 0 bridgehead atoms. The largest absolute Gasteiger partial charge is 0.508 e. The summed E-state index contributed by atoms with van der Waals surface area (Å²) in [5.41, 5.74) is 0.904. The van der Waals surface area contributed by atoms with Gasteiger partial charge in [0.2, 0.25) is 11.8 Å². The van der Waals surface area contributed by atoms with Gasteiger partial charge in [0, 0.05) is 26.0 Å². The normalized spacial score (nSPS) is 10.3. The summed E-state index contributed by atoms with van der Waals surface area (Å²) in [5, 5.41) is 24.4. The van der Waals surface area contributed by atoms with Crippen molar-refractivity contribution in [2.24, 2.45) is 0 Å². The number of hydrogen-bond acceptors (Lipinski definition) is 7. The van der Waals surface area contributed by atoms with Gasteiger partial charge in [-0.1, -0.05) is 0 Å². The van der Waals surface area contributed by atoms with E-state index in [4.69, 9.17) is 14.2 Å². The molecule has 0 atom stereocenters. The van der Waals surface area contributed by atoms with Gasteiger partial charge in [0.15, 0.2) is 0 Å². The molecule has 9 heteroatoms. The lowest BCUT2D eigenvalue weighted by molar-refractivity contribution is -0.115. The van der Waals surface area contributed by atoms with Gasteiger partial charge in [-0.05, 0) is 24.3 Å². The first kappa shape index (κ1) is 21.8. The summed E-state index contributed by atoms with van der Waals surface area (Å²) < 4.78 is 16.5. The summed E-state index contributed by atoms with van der Waals surface area (Å²) in [6.07, 6.45) is 0. The molecule has 2 aromatic rings. The molecule has 0 saturated heterocycles. The number of ether oxygens (including phenoxy) is 3. The van der Waals surface area contributed by atoms with Gasteiger partial charge < -0.3 is 35.1 Å². The van der Waals surface area contributed by atoms with Crippen molar-refractivity contribution in [2.75, 3.05) is 37.1 Å². The lowest BCUT2D eigenvalue weighted by Gasteiger charge is -2.13. The quantitative estimate of drug-likeness (QED) is 0.354. The first-order chi connectivity index (χ1) is 13.8. The van der Waals surface area contributed by atoms with Crippen molar-refractivity contribution in [1.82, 2.24) is 0 Å². The van der Waals surface area contributed by atoms with Crippen LogP contribution in [0.1, 0.15) is 13.8 Å². The standard InChI is InChI=1S/C20H24N2O7/c1-13(23)21-17-5-3-15(25)11-19(17)28-9-7-27-8-10-29-20-12-16(26)4-6-18(20)22-14(2)24/h3-6,11-12,25-26H,7-10H2,1-2H3,(H,21,23)(H,22,24). The summed E-state index contributed by atoms with van der Waals surface area (Å²) in [4.78, 5) is 22.4. The van der Waals surface area contributed by atoms with Gasteiger partial charge in [-0.2, -0.15) is 0 Å². The average molecular weight is 404 g/mol. The van der Waals surface area contributed by atoms with Crippen molar-refractivity contribution in [3.63, 3.8) is 0 Å². The SMILES string of the molecule is CC(=O)Nc1ccc(O)cc1OCCOCCOc1cc(O)ccc1NC(C)=O. The van der Waals surface area contributed by atoms with Crippen molar-refractivity contribution in [1.29, 1.82) is 0 Å². The zero-order chi connectivity index (χ0) is 21.2. The van der Waals surface area contributed by atoms with Gasteiger partial charge >= 0.3 is 0 Å². The Labute approximate surface area is 168 Å². The van der Waals surface area contributed by atoms with Crippen LogP contribution < -0.4 is 20.1 Å². The van der Waals surface area contributed by atoms with Crippen molar-refractivity contribution in [3.8, 4) is 23.0 Å². The molecule has 9 nitrogen and oxygen atoms in total. The number of hydrogen-bond donors (Lipinski definition) is 4. The molecule has 0 aliphatic heterocycles. The first-order valence-electron chi connectivity index (χ1n) is 8.89. The summed E-state index contributed by atoms with van der Waals surface area (Å²) in [6.45, 7) is 3.64. The van der Waals surface area contributed by atoms with Gasteiger partial charge in [0.1, 0.15) is 36.2 Å². The van der Waals surface area contributed by atoms with Crippen molar-refractivity contribution < 1.29 is 34.0 Å². The number of anilines is 2. The molecule has 0 saturated carbocycles. The van der Waals surface area contributed by atoms with Crippen LogP contribution >= 0.6 is 0 Å². The zero-order valence-electron chi connectivity index (χ0n) is 16.2. The Morgan fingerprint density at radius 2 is 1.17 bits per heavy atom. The van der Waals surface area contributed by atoms with Gasteiger partial charge in [-0.25, -0.2) is 0 Å². The highest BCUT2D eigenvalue weighted by molar-refractivity contribution is 5.91. The Hall–Kier alpha value is -3.46. The monoisotopic (exact) mass is 404 g/mol. The van der Waals surface area contributed by atoms with E-state index in [2.05, 4.69) is 10.6 Å². The number of benzene rings is 2. The highest BCUT2D eigenvalue weighted by Crippen LogP contribution is 2.29. The second-order valence-corrected chi connectivity index (χ2v) is 6.03. The molecule has 29 heavy (non-hydrogen) atoms. The highest BCUT2D eigenvalue weighted by Gasteiger charge is 2.08. The number of amides is 2. The molecule has 0 aliphatic carbocycles. The highest BCUT2D eigenvalue weighted by atomic mass is 16.5. The maximum Gasteiger partial charge on any atom is 0.221 e. The van der Waals surface area contributed by atoms with Crippen LogP contribution in [-0.4, -0.2) is 48.5 Å². The predicted octanol–water partition coefficient (Wildman–Crippen LogP) is 2.49. The van der Waals surface area contributed by atoms with E-state index >= 15 is 0 Å². The smallest absolute Gasteiger partial charge is 0.221 e. The fraction of sp³-hybridized carbons (Fsp3) is 0.300. The molecule has 0 heterocycles. The van der Waals surface area contributed by atoms with E-state index in [0.29, 0.717) is 22.9 Å². The van der Waals surface area contributed by atoms with Crippen LogP contribution in [-0.2, 0) is 14.3 Å². The molecule has 0 unspecified atom stereocenters. The van der Waals surface area contributed by atoms with E-state index in [1.54, 1.807) is 12.1 Å². The number of phenols is 2. The van der Waals surface area contributed by atoms with Crippen LogP contribution in [0.5, 0.6) is 23.0 Å². The third-order valence-electron chi connectivity index (χ3n) is 3.52. The van der Waals surface area contributed by atoms with Crippen molar-refractivity contribution >= 4 is 23.2 Å². The molecule has 4 N–H and O–H groups in total. The van der Waals surface area contributed by atoms with E-state index in [9.17, 15) is 19.8 Å². The predicted molar refractivity (Wildman–Crippen MR) is 107 cm³/mol. The molecule has 0 spiro atoms. The Morgan fingerprint density at radius 1 is 0.759 bits per heavy atom. The minimum Gasteiger partial charge on any atom is -0.508 e. The molecule has 0 aliphatic rings. The fourth-order valence-corrected chi connectivity index (χ4v) is 2.37. The number of phenolic OH excluding ortho intramolecular Hbond substituents is 2. The van der Waals surface area contributed by atoms with Crippen LogP contribution in [0.25, 0.3) is 0 Å². The van der Waals surface area contributed by atoms with Gasteiger partial charge in [0.25, 0.3) is 0 Å². The summed E-state index contributed by atoms with van der Waals surface area (Å²) in [5.74, 6) is 0.201. The molecular formula is C20H24N2O7. The number of carbonyl (C=O) groups excluding carboxylic acids is 2. The molecule has 156 valence electrons. The Morgan fingerprint density at radius 3 is 1.55 bits per heavy atom. The molecule has 0 fully saturated rings. The Bertz CT molecular complexity index is 785. The van der Waals surface area contributed by atoms with Gasteiger partial charge in [-0.3, -0.25) is 9.59 Å². The number of rotatable bonds is 10. The minimum atomic E-state index is -0.250. The van der Waals surface area contributed by atoms with Crippen molar-refractivity contribution in [2.45, 2.75) is 13.8 Å². The molecular weight excluding hydrogens is 380 g/mol. The van der Waals surface area contributed by atoms with E-state index in [-0.39, 0.29) is 49.7 Å². The molecule has 2 rings (SSSR count). The molecule has 0 radical (unpaired) electrons. The average Bonchev–Trinajstić information content (AvgIpc) is 2.64. The lowest BCUT2D eigenvalue weighted by atomic mass is 10.2. The van der Waals surface area contributed by atoms with Gasteiger partial charge in [-0.15, -0.1) is 0 Å². The number of aromatic hydroxyl groups is 2. The Kier molecular flexibility index (Phi) is 8.11. The van der Waals surface area contributed by atoms with E-state index in [0.717, 1.165) is 0 Å². The van der Waals surface area contributed by atoms with Crippen molar-refractivity contribution in [3.05, 3.63) is 36.4 Å². The van der Waals surface area contributed by atoms with E-state index in [1.807, 2.05) is 0 Å². The lowest BCUT2D eigenvalue weighted by Crippen LogP contribution is -2.14. The third kappa shape index (κ3) is 7.59. The fourth-order valence-electron chi connectivity index (χ4n) is 2.37. The maximum atomic E-state index is 11.2. The molecule has 0 aromatic heterocycles. The number of carbonyl (C=O) groups is 2. The summed E-state index contributed by atoms with van der Waals surface area (Å²) in [7, 11) is 0. The van der Waals surface area contributed by atoms with E-state index < -0.39 is 0 Å². The maximum absolute atomic E-state index is 11.2. The molecule has 2 amide bonds. The Balaban J connectivity index is 1.75. The minimum absolute atomic E-state index is 0.0181. The van der Waals surface area contributed by atoms with Crippen LogP contribution in [0, 0.1) is 0 Å².